The summed E-state index contributed by atoms with van der Waals surface area (Å²) in [5.41, 5.74) is 0.418. The number of fused-ring (bicyclic) bond motifs is 1. The van der Waals surface area contributed by atoms with Gasteiger partial charge in [0.05, 0.1) is 29.3 Å². The number of ether oxygens (including phenoxy) is 1. The van der Waals surface area contributed by atoms with Crippen LogP contribution in [-0.2, 0) is 11.3 Å². The number of hydrogen-bond donors (Lipinski definition) is 2. The van der Waals surface area contributed by atoms with Crippen molar-refractivity contribution in [3.05, 3.63) is 65.8 Å². The van der Waals surface area contributed by atoms with Gasteiger partial charge in [0.2, 0.25) is 11.9 Å². The van der Waals surface area contributed by atoms with Crippen molar-refractivity contribution in [3.8, 4) is 5.75 Å². The lowest BCUT2D eigenvalue weighted by atomic mass is 10.0. The SMILES string of the molecule is C=CC(=O)Nc1cc(Nc2ncc3c(n2)N(c2ccc(Cl)cc2)C(=O)N(CC(F)(F)F)C3)c(OC(F)(F)F)cc1N1CCC(N2CCN(C)CC2)CC1. The van der Waals surface area contributed by atoms with Crippen molar-refractivity contribution in [2.24, 2.45) is 0 Å². The third-order valence-electron chi connectivity index (χ3n) is 9.20. The Hall–Kier alpha value is -4.81. The van der Waals surface area contributed by atoms with Gasteiger partial charge in [-0.05, 0) is 56.3 Å². The predicted octanol–water partition coefficient (Wildman–Crippen LogP) is 6.75. The van der Waals surface area contributed by atoms with Gasteiger partial charge in [-0.25, -0.2) is 14.7 Å². The second kappa shape index (κ2) is 15.3. The van der Waals surface area contributed by atoms with Crippen LogP contribution in [0.5, 0.6) is 5.75 Å². The molecule has 0 unspecified atom stereocenters. The number of hydrogen-bond acceptors (Lipinski definition) is 9. The van der Waals surface area contributed by atoms with Gasteiger partial charge in [-0.1, -0.05) is 18.2 Å². The van der Waals surface area contributed by atoms with Gasteiger partial charge < -0.3 is 30.1 Å². The van der Waals surface area contributed by atoms with Crippen LogP contribution < -0.4 is 25.2 Å². The zero-order chi connectivity index (χ0) is 38.1. The molecule has 0 atom stereocenters. The summed E-state index contributed by atoms with van der Waals surface area (Å²) in [4.78, 5) is 42.6. The zero-order valence-electron chi connectivity index (χ0n) is 28.5. The van der Waals surface area contributed by atoms with E-state index < -0.39 is 43.3 Å². The van der Waals surface area contributed by atoms with Gasteiger partial charge in [-0.2, -0.15) is 18.2 Å². The van der Waals surface area contributed by atoms with E-state index in [2.05, 4.69) is 48.8 Å². The number of nitrogens with zero attached hydrogens (tertiary/aromatic N) is 7. The van der Waals surface area contributed by atoms with Gasteiger partial charge in [0.25, 0.3) is 0 Å². The number of amides is 3. The molecular formula is C34H36ClF6N9O3. The lowest BCUT2D eigenvalue weighted by Crippen LogP contribution is -2.52. The minimum absolute atomic E-state index is 0.105. The van der Waals surface area contributed by atoms with Gasteiger partial charge in [0, 0.05) is 68.2 Å². The average molecular weight is 768 g/mol. The Morgan fingerprint density at radius 1 is 1.02 bits per heavy atom. The maximum absolute atomic E-state index is 13.8. The minimum Gasteiger partial charge on any atom is -0.403 e. The summed E-state index contributed by atoms with van der Waals surface area (Å²) in [5, 5.41) is 5.67. The molecule has 12 nitrogen and oxygen atoms in total. The Balaban J connectivity index is 1.35. The molecule has 2 fully saturated rings. The standard InChI is InChI=1S/C34H36ClF6N9O3/c1-3-29(51)43-25-16-26(28(53-34(39,40)41)17-27(25)48-10-8-23(9-11-48)47-14-12-46(2)13-15-47)44-31-42-18-21-19-49(20-33(36,37)38)32(52)50(30(21)45-31)24-6-4-22(35)5-7-24/h3-7,16-18,23H,1,8-15,19-20H2,2H3,(H,43,51)(H,42,44,45). The summed E-state index contributed by atoms with van der Waals surface area (Å²) < 4.78 is 86.3. The van der Waals surface area contributed by atoms with Crippen LogP contribution in [0.2, 0.25) is 5.02 Å². The Labute approximate surface area is 305 Å². The molecule has 4 heterocycles. The molecular weight excluding hydrogens is 732 g/mol. The van der Waals surface area contributed by atoms with Crippen LogP contribution in [0.4, 0.5) is 65.7 Å². The number of nitrogens with one attached hydrogen (secondary N) is 2. The molecule has 284 valence electrons. The minimum atomic E-state index is -5.12. The Bertz CT molecular complexity index is 1830. The Morgan fingerprint density at radius 2 is 1.70 bits per heavy atom. The van der Waals surface area contributed by atoms with Gasteiger partial charge >= 0.3 is 18.6 Å². The molecule has 0 saturated carbocycles. The molecule has 0 radical (unpaired) electrons. The van der Waals surface area contributed by atoms with Crippen molar-refractivity contribution in [1.29, 1.82) is 0 Å². The van der Waals surface area contributed by atoms with E-state index in [4.69, 9.17) is 11.6 Å². The fraction of sp³-hybridized carbons (Fsp3) is 0.412. The Morgan fingerprint density at radius 3 is 2.32 bits per heavy atom. The second-order valence-electron chi connectivity index (χ2n) is 12.9. The zero-order valence-corrected chi connectivity index (χ0v) is 29.2. The number of piperidine rings is 1. The molecule has 19 heteroatoms. The molecule has 3 aliphatic heterocycles. The fourth-order valence-corrected chi connectivity index (χ4v) is 6.76. The van der Waals surface area contributed by atoms with Crippen molar-refractivity contribution in [1.82, 2.24) is 24.7 Å². The number of benzene rings is 2. The van der Waals surface area contributed by atoms with Crippen LogP contribution in [0.1, 0.15) is 18.4 Å². The van der Waals surface area contributed by atoms with E-state index in [1.54, 1.807) is 0 Å². The largest absolute Gasteiger partial charge is 0.573 e. The van der Waals surface area contributed by atoms with Crippen LogP contribution in [0, 0.1) is 0 Å². The Kier molecular flexibility index (Phi) is 10.9. The molecule has 0 spiro atoms. The number of carbonyl (C=O) groups is 2. The average Bonchev–Trinajstić information content (AvgIpc) is 3.09. The molecule has 3 aromatic rings. The molecule has 1 aromatic heterocycles. The van der Waals surface area contributed by atoms with Gasteiger partial charge in [-0.15, -0.1) is 13.2 Å². The van der Waals surface area contributed by atoms with Crippen molar-refractivity contribution in [3.63, 3.8) is 0 Å². The first-order chi connectivity index (χ1) is 25.1. The van der Waals surface area contributed by atoms with Gasteiger partial charge in [0.15, 0.2) is 11.6 Å². The van der Waals surface area contributed by atoms with E-state index >= 15 is 0 Å². The quantitative estimate of drug-likeness (QED) is 0.181. The van der Waals surface area contributed by atoms with E-state index in [1.807, 2.05) is 4.90 Å². The van der Waals surface area contributed by atoms with Gasteiger partial charge in [-0.3, -0.25) is 9.69 Å². The highest BCUT2D eigenvalue weighted by molar-refractivity contribution is 6.30. The normalized spacial score (nSPS) is 17.8. The van der Waals surface area contributed by atoms with E-state index in [-0.39, 0.29) is 40.1 Å². The molecule has 0 bridgehead atoms. The summed E-state index contributed by atoms with van der Waals surface area (Å²) in [6, 6.07) is 7.37. The van der Waals surface area contributed by atoms with Crippen LogP contribution in [0.25, 0.3) is 0 Å². The summed E-state index contributed by atoms with van der Waals surface area (Å²) in [7, 11) is 2.07. The number of carbonyl (C=O) groups excluding carboxylic acids is 2. The summed E-state index contributed by atoms with van der Waals surface area (Å²) in [6.07, 6.45) is -6.13. The summed E-state index contributed by atoms with van der Waals surface area (Å²) >= 11 is 6.01. The number of halogens is 7. The van der Waals surface area contributed by atoms with E-state index in [1.165, 1.54) is 42.6 Å². The van der Waals surface area contributed by atoms with Gasteiger partial charge in [0.1, 0.15) is 6.54 Å². The van der Waals surface area contributed by atoms with E-state index in [9.17, 15) is 35.9 Å². The molecule has 2 N–H and O–H groups in total. The van der Waals surface area contributed by atoms with Crippen LogP contribution in [0.3, 0.4) is 0 Å². The van der Waals surface area contributed by atoms with Crippen molar-refractivity contribution in [2.75, 3.05) is 73.3 Å². The molecule has 2 aromatic carbocycles. The third-order valence-corrected chi connectivity index (χ3v) is 9.46. The number of alkyl halides is 6. The topological polar surface area (TPSA) is 109 Å². The number of urea groups is 1. The van der Waals surface area contributed by atoms with Crippen LogP contribution >= 0.6 is 11.6 Å². The third kappa shape index (κ3) is 9.23. The summed E-state index contributed by atoms with van der Waals surface area (Å²) in [5.74, 6) is -1.69. The maximum atomic E-state index is 13.8. The highest BCUT2D eigenvalue weighted by atomic mass is 35.5. The number of aromatic nitrogens is 2. The van der Waals surface area contributed by atoms with E-state index in [0.717, 1.165) is 50.0 Å². The first-order valence-electron chi connectivity index (χ1n) is 16.7. The van der Waals surface area contributed by atoms with Crippen molar-refractivity contribution >= 4 is 58.1 Å². The monoisotopic (exact) mass is 767 g/mol. The summed E-state index contributed by atoms with van der Waals surface area (Å²) in [6.45, 7) is 6.19. The molecule has 3 amide bonds. The number of piperazine rings is 1. The number of anilines is 6. The lowest BCUT2D eigenvalue weighted by molar-refractivity contribution is -0.274. The maximum Gasteiger partial charge on any atom is 0.573 e. The molecule has 3 aliphatic rings. The fourth-order valence-electron chi connectivity index (χ4n) is 6.63. The van der Waals surface area contributed by atoms with Crippen LogP contribution in [-0.4, -0.2) is 108 Å². The number of likely N-dealkylation sites (N-methyl/N-ethyl adjacent to an activating group) is 1. The molecule has 6 rings (SSSR count). The van der Waals surface area contributed by atoms with E-state index in [0.29, 0.717) is 29.1 Å². The molecule has 0 aliphatic carbocycles. The highest BCUT2D eigenvalue weighted by Crippen LogP contribution is 2.42. The van der Waals surface area contributed by atoms with Crippen molar-refractivity contribution in [2.45, 2.75) is 38.0 Å². The number of rotatable bonds is 9. The smallest absolute Gasteiger partial charge is 0.403 e. The first-order valence-corrected chi connectivity index (χ1v) is 17.0. The molecule has 53 heavy (non-hydrogen) atoms. The van der Waals surface area contributed by atoms with Crippen molar-refractivity contribution < 1.29 is 40.7 Å². The van der Waals surface area contributed by atoms with Crippen LogP contribution in [0.15, 0.2) is 55.3 Å². The lowest BCUT2D eigenvalue weighted by Gasteiger charge is -2.43. The second-order valence-corrected chi connectivity index (χ2v) is 13.3. The first kappa shape index (κ1) is 37.9. The predicted molar refractivity (Wildman–Crippen MR) is 187 cm³/mol. The highest BCUT2D eigenvalue weighted by Gasteiger charge is 2.40. The molecule has 2 saturated heterocycles.